The second kappa shape index (κ2) is 9.19. The van der Waals surface area contributed by atoms with Crippen LogP contribution in [0, 0.1) is 5.82 Å². The Morgan fingerprint density at radius 2 is 1.65 bits per heavy atom. The SMILES string of the molecule is O=C1NCCN1CCN1CCN([C@@H]2C[C@@H](c3ccc(F)cc3)c3cc(C(F)(F)F)ccc32)CC1. The summed E-state index contributed by atoms with van der Waals surface area (Å²) >= 11 is 0. The summed E-state index contributed by atoms with van der Waals surface area (Å²) in [7, 11) is 0. The van der Waals surface area contributed by atoms with Crippen molar-refractivity contribution in [3.63, 3.8) is 0 Å². The molecule has 5 rings (SSSR count). The molecular weight excluding hydrogens is 448 g/mol. The molecule has 0 radical (unpaired) electrons. The first-order chi connectivity index (χ1) is 16.3. The topological polar surface area (TPSA) is 38.8 Å². The van der Waals surface area contributed by atoms with Gasteiger partial charge in [0.1, 0.15) is 5.82 Å². The molecule has 2 heterocycles. The number of nitrogens with one attached hydrogen (secondary N) is 1. The van der Waals surface area contributed by atoms with E-state index in [1.165, 1.54) is 24.3 Å². The first-order valence-corrected chi connectivity index (χ1v) is 11.8. The third kappa shape index (κ3) is 4.63. The van der Waals surface area contributed by atoms with Gasteiger partial charge in [0.05, 0.1) is 5.56 Å². The van der Waals surface area contributed by atoms with Gasteiger partial charge in [0.25, 0.3) is 0 Å². The van der Waals surface area contributed by atoms with Gasteiger partial charge in [-0.3, -0.25) is 9.80 Å². The lowest BCUT2D eigenvalue weighted by Gasteiger charge is -2.39. The highest BCUT2D eigenvalue weighted by molar-refractivity contribution is 5.76. The lowest BCUT2D eigenvalue weighted by atomic mass is 9.92. The molecule has 2 fully saturated rings. The van der Waals surface area contributed by atoms with E-state index in [2.05, 4.69) is 15.1 Å². The number of alkyl halides is 3. The molecule has 1 aliphatic carbocycles. The van der Waals surface area contributed by atoms with Crippen LogP contribution in [0.15, 0.2) is 42.5 Å². The zero-order chi connectivity index (χ0) is 23.9. The van der Waals surface area contributed by atoms with Crippen molar-refractivity contribution in [2.45, 2.75) is 24.6 Å². The summed E-state index contributed by atoms with van der Waals surface area (Å²) in [5.41, 5.74) is 1.82. The summed E-state index contributed by atoms with van der Waals surface area (Å²) < 4.78 is 53.8. The molecule has 5 nitrogen and oxygen atoms in total. The van der Waals surface area contributed by atoms with E-state index in [-0.39, 0.29) is 23.8 Å². The van der Waals surface area contributed by atoms with Crippen molar-refractivity contribution in [3.8, 4) is 0 Å². The predicted octanol–water partition coefficient (Wildman–Crippen LogP) is 4.06. The molecule has 0 bridgehead atoms. The fourth-order valence-electron chi connectivity index (χ4n) is 5.48. The van der Waals surface area contributed by atoms with Crippen molar-refractivity contribution >= 4 is 6.03 Å². The minimum absolute atomic E-state index is 0.00809. The highest BCUT2D eigenvalue weighted by atomic mass is 19.4. The summed E-state index contributed by atoms with van der Waals surface area (Å²) in [6.07, 6.45) is -3.73. The molecule has 2 atom stereocenters. The summed E-state index contributed by atoms with van der Waals surface area (Å²) in [4.78, 5) is 18.3. The number of halogens is 4. The van der Waals surface area contributed by atoms with E-state index in [0.29, 0.717) is 25.1 Å². The second-order valence-corrected chi connectivity index (χ2v) is 9.29. The van der Waals surface area contributed by atoms with Gasteiger partial charge in [-0.15, -0.1) is 0 Å². The number of hydrogen-bond donors (Lipinski definition) is 1. The van der Waals surface area contributed by atoms with Gasteiger partial charge in [0.2, 0.25) is 0 Å². The molecule has 2 aliphatic heterocycles. The van der Waals surface area contributed by atoms with Gasteiger partial charge >= 0.3 is 12.2 Å². The molecule has 2 amide bonds. The Bertz CT molecular complexity index is 1030. The van der Waals surface area contributed by atoms with E-state index < -0.39 is 11.7 Å². The third-order valence-corrected chi connectivity index (χ3v) is 7.36. The monoisotopic (exact) mass is 476 g/mol. The van der Waals surface area contributed by atoms with Gasteiger partial charge < -0.3 is 10.2 Å². The fourth-order valence-corrected chi connectivity index (χ4v) is 5.48. The minimum Gasteiger partial charge on any atom is -0.336 e. The van der Waals surface area contributed by atoms with Crippen LogP contribution in [0.2, 0.25) is 0 Å². The molecule has 1 N–H and O–H groups in total. The van der Waals surface area contributed by atoms with Gasteiger partial charge in [-0.25, -0.2) is 9.18 Å². The number of benzene rings is 2. The fraction of sp³-hybridized carbons (Fsp3) is 0.480. The molecule has 0 saturated carbocycles. The van der Waals surface area contributed by atoms with Crippen molar-refractivity contribution in [2.24, 2.45) is 0 Å². The highest BCUT2D eigenvalue weighted by Crippen LogP contribution is 2.48. The molecule has 2 aromatic rings. The Hall–Kier alpha value is -2.65. The van der Waals surface area contributed by atoms with Crippen LogP contribution < -0.4 is 5.32 Å². The Balaban J connectivity index is 1.31. The standard InChI is InChI=1S/C25H28F4N4O/c26-19-4-1-17(2-5-19)21-16-23(20-6-3-18(15-22(20)21)25(27,28)29)32-12-9-31(10-13-32)11-14-33-8-7-30-24(33)34/h1-6,15,21,23H,7-14,16H2,(H,30,34)/t21-,23+/m0/s1. The largest absolute Gasteiger partial charge is 0.416 e. The Morgan fingerprint density at radius 1 is 0.912 bits per heavy atom. The summed E-state index contributed by atoms with van der Waals surface area (Å²) in [6.45, 7) is 6.27. The van der Waals surface area contributed by atoms with Crippen molar-refractivity contribution in [1.29, 1.82) is 0 Å². The molecule has 182 valence electrons. The maximum atomic E-state index is 13.5. The molecular formula is C25H28F4N4O. The van der Waals surface area contributed by atoms with Crippen LogP contribution in [0.4, 0.5) is 22.4 Å². The number of amides is 2. The number of fused-ring (bicyclic) bond motifs is 1. The molecule has 0 aromatic heterocycles. The number of piperazine rings is 1. The second-order valence-electron chi connectivity index (χ2n) is 9.29. The third-order valence-electron chi connectivity index (χ3n) is 7.36. The van der Waals surface area contributed by atoms with Gasteiger partial charge in [-0.05, 0) is 47.4 Å². The van der Waals surface area contributed by atoms with Crippen molar-refractivity contribution < 1.29 is 22.4 Å². The number of hydrogen-bond acceptors (Lipinski definition) is 3. The number of rotatable bonds is 5. The van der Waals surface area contributed by atoms with E-state index in [1.54, 1.807) is 18.2 Å². The zero-order valence-corrected chi connectivity index (χ0v) is 18.8. The molecule has 9 heteroatoms. The quantitative estimate of drug-likeness (QED) is 0.662. The Morgan fingerprint density at radius 3 is 2.29 bits per heavy atom. The van der Waals surface area contributed by atoms with Gasteiger partial charge in [-0.1, -0.05) is 18.2 Å². The Kier molecular flexibility index (Phi) is 6.24. The highest BCUT2D eigenvalue weighted by Gasteiger charge is 2.39. The lowest BCUT2D eigenvalue weighted by Crippen LogP contribution is -2.49. The normalized spacial score (nSPS) is 23.9. The van der Waals surface area contributed by atoms with Crippen molar-refractivity contribution in [1.82, 2.24) is 20.0 Å². The van der Waals surface area contributed by atoms with Crippen LogP contribution in [0.5, 0.6) is 0 Å². The minimum atomic E-state index is -4.40. The van der Waals surface area contributed by atoms with E-state index in [0.717, 1.165) is 50.4 Å². The van der Waals surface area contributed by atoms with E-state index in [9.17, 15) is 22.4 Å². The average molecular weight is 477 g/mol. The molecule has 2 aromatic carbocycles. The Labute approximate surface area is 196 Å². The van der Waals surface area contributed by atoms with Crippen LogP contribution in [-0.2, 0) is 6.18 Å². The predicted molar refractivity (Wildman–Crippen MR) is 120 cm³/mol. The molecule has 0 unspecified atom stereocenters. The van der Waals surface area contributed by atoms with Crippen molar-refractivity contribution in [3.05, 3.63) is 70.5 Å². The van der Waals surface area contributed by atoms with Crippen LogP contribution in [-0.4, -0.2) is 73.1 Å². The van der Waals surface area contributed by atoms with Crippen LogP contribution in [0.1, 0.15) is 40.6 Å². The first kappa shape index (κ1) is 23.1. The van der Waals surface area contributed by atoms with E-state index >= 15 is 0 Å². The first-order valence-electron chi connectivity index (χ1n) is 11.8. The maximum Gasteiger partial charge on any atom is 0.416 e. The van der Waals surface area contributed by atoms with E-state index in [4.69, 9.17) is 0 Å². The summed E-state index contributed by atoms with van der Waals surface area (Å²) in [5, 5.41) is 2.81. The smallest absolute Gasteiger partial charge is 0.336 e. The summed E-state index contributed by atoms with van der Waals surface area (Å²) in [5.74, 6) is -0.556. The number of carbonyl (C=O) groups excluding carboxylic acids is 1. The number of urea groups is 1. The van der Waals surface area contributed by atoms with Crippen LogP contribution >= 0.6 is 0 Å². The van der Waals surface area contributed by atoms with Gasteiger partial charge in [-0.2, -0.15) is 13.2 Å². The zero-order valence-electron chi connectivity index (χ0n) is 18.8. The number of carbonyl (C=O) groups is 1. The molecule has 34 heavy (non-hydrogen) atoms. The molecule has 3 aliphatic rings. The molecule has 2 saturated heterocycles. The van der Waals surface area contributed by atoms with Crippen molar-refractivity contribution in [2.75, 3.05) is 52.4 Å². The van der Waals surface area contributed by atoms with Crippen LogP contribution in [0.3, 0.4) is 0 Å². The summed E-state index contributed by atoms with van der Waals surface area (Å²) in [6, 6.07) is 10.2. The van der Waals surface area contributed by atoms with Gasteiger partial charge in [0, 0.05) is 64.3 Å². The average Bonchev–Trinajstić information content (AvgIpc) is 3.41. The van der Waals surface area contributed by atoms with E-state index in [1.807, 2.05) is 4.90 Å². The molecule has 0 spiro atoms. The lowest BCUT2D eigenvalue weighted by molar-refractivity contribution is -0.137. The van der Waals surface area contributed by atoms with Gasteiger partial charge in [0.15, 0.2) is 0 Å². The number of nitrogens with zero attached hydrogens (tertiary/aromatic N) is 3. The van der Waals surface area contributed by atoms with Crippen LogP contribution in [0.25, 0.3) is 0 Å². The maximum absolute atomic E-state index is 13.5.